The number of rotatable bonds is 5. The zero-order valence-corrected chi connectivity index (χ0v) is 18.5. The minimum Gasteiger partial charge on any atom is -0.507 e. The molecular weight excluding hydrogens is 434 g/mol. The first-order valence-electron chi connectivity index (χ1n) is 10.7. The zero-order valence-electron chi connectivity index (χ0n) is 18.5. The summed E-state index contributed by atoms with van der Waals surface area (Å²) in [5.74, 6) is -0.349. The van der Waals surface area contributed by atoms with Crippen LogP contribution in [0.5, 0.6) is 5.75 Å². The minimum absolute atomic E-state index is 0.0103. The molecule has 170 valence electrons. The zero-order chi connectivity index (χ0) is 24.0. The molecule has 0 atom stereocenters. The molecule has 2 N–H and O–H groups in total. The number of carboxylic acid groups (broad SMARTS) is 1. The van der Waals surface area contributed by atoms with Gasteiger partial charge in [0.1, 0.15) is 23.6 Å². The van der Waals surface area contributed by atoms with Gasteiger partial charge < -0.3 is 14.8 Å². The SMILES string of the molecule is CC(C)n1cnnc1-c1cccc(N2Cc3ccc(-c4ccc(C(=O)O)cc4O)cc3C2=O)n1. The quantitative estimate of drug-likeness (QED) is 0.464. The lowest BCUT2D eigenvalue weighted by Crippen LogP contribution is -2.24. The van der Waals surface area contributed by atoms with Crippen molar-refractivity contribution in [3.05, 3.63) is 77.6 Å². The second-order valence-electron chi connectivity index (χ2n) is 8.34. The van der Waals surface area contributed by atoms with Crippen molar-refractivity contribution in [2.75, 3.05) is 4.90 Å². The van der Waals surface area contributed by atoms with E-state index in [9.17, 15) is 14.7 Å². The maximum absolute atomic E-state index is 13.3. The molecule has 9 heteroatoms. The van der Waals surface area contributed by atoms with Gasteiger partial charge in [0.2, 0.25) is 0 Å². The standard InChI is InChI=1S/C25H21N5O4/c1-14(2)30-13-26-28-23(30)20-4-3-5-22(27-20)29-12-17-7-6-15(10-19(17)24(29)32)18-9-8-16(25(33)34)11-21(18)31/h3-11,13-14,31H,12H2,1-2H3,(H,33,34). The summed E-state index contributed by atoms with van der Waals surface area (Å²) in [5.41, 5.74) is 3.03. The number of aromatic carboxylic acids is 1. The third-order valence-electron chi connectivity index (χ3n) is 5.84. The molecule has 3 heterocycles. The molecule has 1 amide bonds. The Morgan fingerprint density at radius 2 is 1.88 bits per heavy atom. The third kappa shape index (κ3) is 3.57. The predicted octanol–water partition coefficient (Wildman–Crippen LogP) is 4.15. The second-order valence-corrected chi connectivity index (χ2v) is 8.34. The van der Waals surface area contributed by atoms with Crippen LogP contribution in [0.3, 0.4) is 0 Å². The Balaban J connectivity index is 1.47. The number of aromatic hydroxyl groups is 1. The highest BCUT2D eigenvalue weighted by Crippen LogP contribution is 2.35. The van der Waals surface area contributed by atoms with Crippen molar-refractivity contribution in [1.82, 2.24) is 19.7 Å². The average molecular weight is 455 g/mol. The number of hydrogen-bond acceptors (Lipinski definition) is 6. The fraction of sp³-hybridized carbons (Fsp3) is 0.160. The van der Waals surface area contributed by atoms with E-state index in [0.29, 0.717) is 40.6 Å². The van der Waals surface area contributed by atoms with Gasteiger partial charge in [-0.1, -0.05) is 18.2 Å². The van der Waals surface area contributed by atoms with Gasteiger partial charge in [-0.15, -0.1) is 10.2 Å². The first-order chi connectivity index (χ1) is 16.3. The van der Waals surface area contributed by atoms with Gasteiger partial charge in [0.15, 0.2) is 5.82 Å². The second kappa shape index (κ2) is 8.11. The van der Waals surface area contributed by atoms with Gasteiger partial charge in [-0.05, 0) is 61.4 Å². The van der Waals surface area contributed by atoms with Crippen molar-refractivity contribution >= 4 is 17.7 Å². The normalized spacial score (nSPS) is 12.9. The molecule has 0 radical (unpaired) electrons. The van der Waals surface area contributed by atoms with E-state index in [4.69, 9.17) is 5.11 Å². The van der Waals surface area contributed by atoms with Gasteiger partial charge >= 0.3 is 5.97 Å². The molecule has 0 saturated heterocycles. The summed E-state index contributed by atoms with van der Waals surface area (Å²) in [4.78, 5) is 30.7. The lowest BCUT2D eigenvalue weighted by molar-refractivity contribution is 0.0696. The predicted molar refractivity (Wildman–Crippen MR) is 125 cm³/mol. The van der Waals surface area contributed by atoms with E-state index in [0.717, 1.165) is 5.56 Å². The van der Waals surface area contributed by atoms with Crippen LogP contribution in [-0.4, -0.2) is 41.8 Å². The summed E-state index contributed by atoms with van der Waals surface area (Å²) in [5, 5.41) is 27.6. The van der Waals surface area contributed by atoms with E-state index in [2.05, 4.69) is 15.2 Å². The van der Waals surface area contributed by atoms with E-state index in [-0.39, 0.29) is 23.3 Å². The van der Waals surface area contributed by atoms with Crippen LogP contribution in [-0.2, 0) is 6.54 Å². The van der Waals surface area contributed by atoms with E-state index < -0.39 is 5.97 Å². The Labute approximate surface area is 195 Å². The van der Waals surface area contributed by atoms with Crippen molar-refractivity contribution in [3.8, 4) is 28.4 Å². The molecule has 0 unspecified atom stereocenters. The molecule has 5 rings (SSSR count). The van der Waals surface area contributed by atoms with Crippen LogP contribution in [0.15, 0.2) is 60.9 Å². The first-order valence-corrected chi connectivity index (χ1v) is 10.7. The Hall–Kier alpha value is -4.53. The van der Waals surface area contributed by atoms with Crippen LogP contribution in [0.25, 0.3) is 22.6 Å². The van der Waals surface area contributed by atoms with Crippen LogP contribution in [0.4, 0.5) is 5.82 Å². The van der Waals surface area contributed by atoms with Crippen LogP contribution < -0.4 is 4.90 Å². The summed E-state index contributed by atoms with van der Waals surface area (Å²) >= 11 is 0. The highest BCUT2D eigenvalue weighted by molar-refractivity contribution is 6.10. The van der Waals surface area contributed by atoms with E-state index >= 15 is 0 Å². The Morgan fingerprint density at radius 1 is 1.06 bits per heavy atom. The summed E-state index contributed by atoms with van der Waals surface area (Å²) in [6.07, 6.45) is 1.66. The van der Waals surface area contributed by atoms with Gasteiger partial charge in [-0.3, -0.25) is 9.69 Å². The number of carbonyl (C=O) groups is 2. The number of pyridine rings is 1. The van der Waals surface area contributed by atoms with Crippen LogP contribution in [0, 0.1) is 0 Å². The van der Waals surface area contributed by atoms with Crippen molar-refractivity contribution < 1.29 is 19.8 Å². The number of nitrogens with zero attached hydrogens (tertiary/aromatic N) is 5. The lowest BCUT2D eigenvalue weighted by atomic mass is 9.98. The summed E-state index contributed by atoms with van der Waals surface area (Å²) in [6.45, 7) is 4.43. The number of amides is 1. The lowest BCUT2D eigenvalue weighted by Gasteiger charge is -2.16. The van der Waals surface area contributed by atoms with Gasteiger partial charge in [0.25, 0.3) is 5.91 Å². The molecular formula is C25H21N5O4. The van der Waals surface area contributed by atoms with E-state index in [1.165, 1.54) is 18.2 Å². The number of carboxylic acids is 1. The number of phenols is 1. The van der Waals surface area contributed by atoms with Crippen molar-refractivity contribution in [3.63, 3.8) is 0 Å². The number of anilines is 1. The van der Waals surface area contributed by atoms with E-state index in [1.807, 2.05) is 36.6 Å². The maximum atomic E-state index is 13.3. The molecule has 0 fully saturated rings. The largest absolute Gasteiger partial charge is 0.507 e. The smallest absolute Gasteiger partial charge is 0.335 e. The number of benzene rings is 2. The third-order valence-corrected chi connectivity index (χ3v) is 5.84. The Bertz CT molecular complexity index is 1440. The molecule has 0 aliphatic carbocycles. The number of phenolic OH excluding ortho intramolecular Hbond substituents is 1. The summed E-state index contributed by atoms with van der Waals surface area (Å²) in [7, 11) is 0. The molecule has 34 heavy (non-hydrogen) atoms. The monoisotopic (exact) mass is 455 g/mol. The molecule has 1 aliphatic heterocycles. The van der Waals surface area contributed by atoms with Gasteiger partial charge in [-0.2, -0.15) is 0 Å². The molecule has 2 aromatic heterocycles. The first kappa shape index (κ1) is 21.3. The number of fused-ring (bicyclic) bond motifs is 1. The highest BCUT2D eigenvalue weighted by atomic mass is 16.4. The minimum atomic E-state index is -1.12. The highest BCUT2D eigenvalue weighted by Gasteiger charge is 2.30. The molecule has 2 aromatic carbocycles. The fourth-order valence-electron chi connectivity index (χ4n) is 4.06. The number of aromatic nitrogens is 4. The van der Waals surface area contributed by atoms with Crippen LogP contribution in [0.2, 0.25) is 0 Å². The Morgan fingerprint density at radius 3 is 2.62 bits per heavy atom. The summed E-state index contributed by atoms with van der Waals surface area (Å²) < 4.78 is 1.92. The van der Waals surface area contributed by atoms with Crippen molar-refractivity contribution in [2.24, 2.45) is 0 Å². The molecule has 1 aliphatic rings. The van der Waals surface area contributed by atoms with E-state index in [1.54, 1.807) is 29.4 Å². The number of hydrogen-bond donors (Lipinski definition) is 2. The molecule has 9 nitrogen and oxygen atoms in total. The van der Waals surface area contributed by atoms with Crippen molar-refractivity contribution in [2.45, 2.75) is 26.4 Å². The summed E-state index contributed by atoms with van der Waals surface area (Å²) in [6, 6.07) is 15.1. The Kier molecular flexibility index (Phi) is 5.09. The maximum Gasteiger partial charge on any atom is 0.335 e. The molecule has 0 spiro atoms. The average Bonchev–Trinajstić information content (AvgIpc) is 3.44. The topological polar surface area (TPSA) is 121 Å². The molecule has 0 saturated carbocycles. The molecule has 0 bridgehead atoms. The van der Waals surface area contributed by atoms with Crippen molar-refractivity contribution in [1.29, 1.82) is 0 Å². The van der Waals surface area contributed by atoms with Gasteiger partial charge in [0, 0.05) is 17.2 Å². The van der Waals surface area contributed by atoms with Gasteiger partial charge in [0.05, 0.1) is 12.1 Å². The van der Waals surface area contributed by atoms with Crippen LogP contribution in [0.1, 0.15) is 46.2 Å². The fourth-order valence-corrected chi connectivity index (χ4v) is 4.06. The van der Waals surface area contributed by atoms with Crippen LogP contribution >= 0.6 is 0 Å². The van der Waals surface area contributed by atoms with Gasteiger partial charge in [-0.25, -0.2) is 9.78 Å². The number of carbonyl (C=O) groups excluding carboxylic acids is 1. The molecule has 4 aromatic rings.